The first-order chi connectivity index (χ1) is 10.6. The smallest absolute Gasteiger partial charge is 0.222 e. The van der Waals surface area contributed by atoms with Crippen LogP contribution in [-0.4, -0.2) is 71.4 Å². The third-order valence-corrected chi connectivity index (χ3v) is 4.90. The van der Waals surface area contributed by atoms with Gasteiger partial charge in [0.15, 0.2) is 0 Å². The van der Waals surface area contributed by atoms with Crippen LogP contribution in [-0.2, 0) is 11.3 Å². The molecule has 1 aromatic heterocycles. The van der Waals surface area contributed by atoms with Crippen molar-refractivity contribution in [3.8, 4) is 0 Å². The largest absolute Gasteiger partial charge is 0.337 e. The lowest BCUT2D eigenvalue weighted by molar-refractivity contribution is -0.137. The first-order valence-corrected chi connectivity index (χ1v) is 8.22. The average Bonchev–Trinajstić information content (AvgIpc) is 2.90. The van der Waals surface area contributed by atoms with Crippen LogP contribution in [0.4, 0.5) is 0 Å². The third-order valence-electron chi connectivity index (χ3n) is 4.90. The van der Waals surface area contributed by atoms with Crippen molar-refractivity contribution in [2.75, 3.05) is 33.7 Å². The minimum absolute atomic E-state index is 0.339. The number of piperidine rings is 1. The molecule has 120 valence electrons. The summed E-state index contributed by atoms with van der Waals surface area (Å²) in [4.78, 5) is 23.3. The summed E-state index contributed by atoms with van der Waals surface area (Å²) in [5.41, 5.74) is 1.26. The molecule has 5 nitrogen and oxygen atoms in total. The molecule has 2 saturated heterocycles. The maximum atomic E-state index is 12.3. The Morgan fingerprint density at radius 3 is 2.91 bits per heavy atom. The molecule has 0 aliphatic carbocycles. The molecule has 1 aromatic rings. The standard InChI is InChI=1S/C17H26N4O/c1-19(2)10-11-21-16-7-9-20(15(16)5-6-17(21)22)13-14-4-3-8-18-12-14/h3-4,8,12,15-16H,5-7,9-11,13H2,1-2H3/t15-,16+/m0/s1. The summed E-state index contributed by atoms with van der Waals surface area (Å²) in [7, 11) is 4.13. The summed E-state index contributed by atoms with van der Waals surface area (Å²) >= 11 is 0. The molecule has 0 bridgehead atoms. The first-order valence-electron chi connectivity index (χ1n) is 8.22. The van der Waals surface area contributed by atoms with E-state index in [1.165, 1.54) is 5.56 Å². The molecule has 3 rings (SSSR count). The number of carbonyl (C=O) groups is 1. The number of carbonyl (C=O) groups excluding carboxylic acids is 1. The van der Waals surface area contributed by atoms with E-state index in [-0.39, 0.29) is 0 Å². The normalized spacial score (nSPS) is 25.8. The van der Waals surface area contributed by atoms with Gasteiger partial charge >= 0.3 is 0 Å². The molecule has 2 aliphatic heterocycles. The van der Waals surface area contributed by atoms with Gasteiger partial charge in [-0.25, -0.2) is 0 Å². The molecule has 0 unspecified atom stereocenters. The van der Waals surface area contributed by atoms with Gasteiger partial charge in [0, 0.05) is 57.1 Å². The van der Waals surface area contributed by atoms with Crippen LogP contribution in [0.1, 0.15) is 24.8 Å². The monoisotopic (exact) mass is 302 g/mol. The molecular formula is C17H26N4O. The molecule has 0 aromatic carbocycles. The Morgan fingerprint density at radius 1 is 1.32 bits per heavy atom. The lowest BCUT2D eigenvalue weighted by atomic mass is 9.96. The molecule has 0 radical (unpaired) electrons. The van der Waals surface area contributed by atoms with Gasteiger partial charge in [-0.1, -0.05) is 6.07 Å². The Kier molecular flexibility index (Phi) is 4.74. The number of likely N-dealkylation sites (tertiary alicyclic amines) is 2. The number of likely N-dealkylation sites (N-methyl/N-ethyl adjacent to an activating group) is 1. The predicted molar refractivity (Wildman–Crippen MR) is 86.3 cm³/mol. The van der Waals surface area contributed by atoms with E-state index in [0.717, 1.165) is 39.0 Å². The maximum Gasteiger partial charge on any atom is 0.222 e. The lowest BCUT2D eigenvalue weighted by Gasteiger charge is -2.40. The van der Waals surface area contributed by atoms with E-state index >= 15 is 0 Å². The van der Waals surface area contributed by atoms with Gasteiger partial charge in [0.2, 0.25) is 5.91 Å². The summed E-state index contributed by atoms with van der Waals surface area (Å²) < 4.78 is 0. The summed E-state index contributed by atoms with van der Waals surface area (Å²) in [6, 6.07) is 5.05. The third kappa shape index (κ3) is 3.31. The number of aromatic nitrogens is 1. The highest BCUT2D eigenvalue weighted by atomic mass is 16.2. The highest BCUT2D eigenvalue weighted by Crippen LogP contribution is 2.32. The van der Waals surface area contributed by atoms with Gasteiger partial charge in [0.25, 0.3) is 0 Å². The highest BCUT2D eigenvalue weighted by Gasteiger charge is 2.42. The van der Waals surface area contributed by atoms with Crippen LogP contribution in [0.15, 0.2) is 24.5 Å². The zero-order chi connectivity index (χ0) is 15.5. The van der Waals surface area contributed by atoms with Gasteiger partial charge in [-0.15, -0.1) is 0 Å². The molecule has 2 atom stereocenters. The van der Waals surface area contributed by atoms with Gasteiger partial charge in [0.05, 0.1) is 0 Å². The van der Waals surface area contributed by atoms with Crippen LogP contribution < -0.4 is 0 Å². The van der Waals surface area contributed by atoms with Crippen molar-refractivity contribution in [3.05, 3.63) is 30.1 Å². The Hall–Kier alpha value is -1.46. The number of amides is 1. The Morgan fingerprint density at radius 2 is 2.18 bits per heavy atom. The minimum atomic E-state index is 0.339. The fourth-order valence-corrected chi connectivity index (χ4v) is 3.76. The molecule has 2 fully saturated rings. The second kappa shape index (κ2) is 6.75. The molecule has 5 heteroatoms. The van der Waals surface area contributed by atoms with Crippen LogP contribution >= 0.6 is 0 Å². The Balaban J connectivity index is 1.66. The van der Waals surface area contributed by atoms with Crippen molar-refractivity contribution >= 4 is 5.91 Å². The molecule has 22 heavy (non-hydrogen) atoms. The van der Waals surface area contributed by atoms with Gasteiger partial charge in [0.1, 0.15) is 0 Å². The fraction of sp³-hybridized carbons (Fsp3) is 0.647. The number of fused-ring (bicyclic) bond motifs is 1. The van der Waals surface area contributed by atoms with E-state index in [2.05, 4.69) is 39.8 Å². The minimum Gasteiger partial charge on any atom is -0.337 e. The molecule has 1 amide bonds. The number of hydrogen-bond donors (Lipinski definition) is 0. The van der Waals surface area contributed by atoms with E-state index in [9.17, 15) is 4.79 Å². The van der Waals surface area contributed by atoms with Gasteiger partial charge in [-0.2, -0.15) is 0 Å². The molecule has 0 spiro atoms. The van der Waals surface area contributed by atoms with Crippen molar-refractivity contribution in [2.45, 2.75) is 37.9 Å². The quantitative estimate of drug-likeness (QED) is 0.820. The van der Waals surface area contributed by atoms with Gasteiger partial charge in [-0.3, -0.25) is 14.7 Å². The first kappa shape index (κ1) is 15.4. The maximum absolute atomic E-state index is 12.3. The zero-order valence-corrected chi connectivity index (χ0v) is 13.6. The summed E-state index contributed by atoms with van der Waals surface area (Å²) in [6.07, 6.45) is 6.56. The van der Waals surface area contributed by atoms with E-state index in [1.54, 1.807) is 0 Å². The summed E-state index contributed by atoms with van der Waals surface area (Å²) in [5, 5.41) is 0. The van der Waals surface area contributed by atoms with Gasteiger partial charge < -0.3 is 9.80 Å². The molecule has 0 N–H and O–H groups in total. The van der Waals surface area contributed by atoms with Crippen molar-refractivity contribution in [2.24, 2.45) is 0 Å². The van der Waals surface area contributed by atoms with Gasteiger partial charge in [-0.05, 0) is 38.6 Å². The zero-order valence-electron chi connectivity index (χ0n) is 13.6. The average molecular weight is 302 g/mol. The Labute approximate surface area is 132 Å². The molecule has 3 heterocycles. The number of pyridine rings is 1. The van der Waals surface area contributed by atoms with E-state index < -0.39 is 0 Å². The predicted octanol–water partition coefficient (Wildman–Crippen LogP) is 1.21. The Bertz CT molecular complexity index is 505. The highest BCUT2D eigenvalue weighted by molar-refractivity contribution is 5.77. The lowest BCUT2D eigenvalue weighted by Crippen LogP contribution is -2.53. The SMILES string of the molecule is CN(C)CCN1C(=O)CC[C@H]2[C@H]1CCN2Cc1cccnc1. The van der Waals surface area contributed by atoms with Crippen molar-refractivity contribution < 1.29 is 4.79 Å². The van der Waals surface area contributed by atoms with E-state index in [1.807, 2.05) is 18.5 Å². The van der Waals surface area contributed by atoms with Crippen molar-refractivity contribution in [1.82, 2.24) is 19.7 Å². The fourth-order valence-electron chi connectivity index (χ4n) is 3.76. The van der Waals surface area contributed by atoms with Crippen LogP contribution in [0.2, 0.25) is 0 Å². The van der Waals surface area contributed by atoms with Crippen molar-refractivity contribution in [3.63, 3.8) is 0 Å². The van der Waals surface area contributed by atoms with Crippen molar-refractivity contribution in [1.29, 1.82) is 0 Å². The number of nitrogens with zero attached hydrogens (tertiary/aromatic N) is 4. The molecule has 0 saturated carbocycles. The summed E-state index contributed by atoms with van der Waals surface area (Å²) in [6.45, 7) is 3.83. The van der Waals surface area contributed by atoms with Crippen LogP contribution in [0.25, 0.3) is 0 Å². The molecular weight excluding hydrogens is 276 g/mol. The number of rotatable bonds is 5. The number of hydrogen-bond acceptors (Lipinski definition) is 4. The molecule has 2 aliphatic rings. The topological polar surface area (TPSA) is 39.7 Å². The van der Waals surface area contributed by atoms with Crippen LogP contribution in [0, 0.1) is 0 Å². The second-order valence-electron chi connectivity index (χ2n) is 6.68. The second-order valence-corrected chi connectivity index (χ2v) is 6.68. The summed E-state index contributed by atoms with van der Waals surface area (Å²) in [5.74, 6) is 0.339. The van der Waals surface area contributed by atoms with Crippen LogP contribution in [0.3, 0.4) is 0 Å². The van der Waals surface area contributed by atoms with Crippen LogP contribution in [0.5, 0.6) is 0 Å². The van der Waals surface area contributed by atoms with E-state index in [4.69, 9.17) is 0 Å². The van der Waals surface area contributed by atoms with E-state index in [0.29, 0.717) is 24.4 Å².